The van der Waals surface area contributed by atoms with E-state index in [0.717, 1.165) is 35.6 Å². The molecule has 0 aliphatic heterocycles. The average Bonchev–Trinajstić information content (AvgIpc) is 2.75. The van der Waals surface area contributed by atoms with Crippen LogP contribution in [0.15, 0.2) is 71.9 Å². The van der Waals surface area contributed by atoms with Crippen LogP contribution in [-0.4, -0.2) is 31.0 Å². The number of aromatic nitrogens is 1. The minimum absolute atomic E-state index is 0. The van der Waals surface area contributed by atoms with Gasteiger partial charge in [0.1, 0.15) is 0 Å². The van der Waals surface area contributed by atoms with E-state index in [0.29, 0.717) is 6.42 Å². The van der Waals surface area contributed by atoms with Crippen molar-refractivity contribution in [1.82, 2.24) is 9.71 Å². The summed E-state index contributed by atoms with van der Waals surface area (Å²) >= 11 is 0. The summed E-state index contributed by atoms with van der Waals surface area (Å²) in [5.41, 5.74) is 0.969. The van der Waals surface area contributed by atoms with Gasteiger partial charge in [0, 0.05) is 25.4 Å². The van der Waals surface area contributed by atoms with E-state index >= 15 is 0 Å². The van der Waals surface area contributed by atoms with E-state index in [1.54, 1.807) is 24.5 Å². The number of carboxylic acids is 1. The molecular weight excluding hydrogens is 436 g/mol. The molecule has 0 aliphatic rings. The fraction of sp³-hybridized carbons (Fsp3) is 0.304. The maximum Gasteiger partial charge on any atom is 0.303 e. The lowest BCUT2D eigenvalue weighted by atomic mass is 9.94. The fourth-order valence-electron chi connectivity index (χ4n) is 3.48. The van der Waals surface area contributed by atoms with Crippen molar-refractivity contribution in [3.8, 4) is 0 Å². The summed E-state index contributed by atoms with van der Waals surface area (Å²) in [5, 5.41) is 10.6. The summed E-state index contributed by atoms with van der Waals surface area (Å²) in [7, 11) is -3.65. The number of sulfonamides is 1. The highest BCUT2D eigenvalue weighted by Crippen LogP contribution is 2.23. The van der Waals surface area contributed by atoms with Crippen LogP contribution in [-0.2, 0) is 14.8 Å². The molecule has 0 radical (unpaired) electrons. The zero-order valence-electron chi connectivity index (χ0n) is 17.1. The van der Waals surface area contributed by atoms with Gasteiger partial charge in [-0.25, -0.2) is 13.1 Å². The van der Waals surface area contributed by atoms with Crippen LogP contribution < -0.4 is 4.72 Å². The van der Waals surface area contributed by atoms with Gasteiger partial charge >= 0.3 is 5.97 Å². The quantitative estimate of drug-likeness (QED) is 0.401. The lowest BCUT2D eigenvalue weighted by Crippen LogP contribution is -2.28. The molecule has 8 heteroatoms. The summed E-state index contributed by atoms with van der Waals surface area (Å²) in [4.78, 5) is 15.1. The summed E-state index contributed by atoms with van der Waals surface area (Å²) in [6.07, 6.45) is 6.60. The Morgan fingerprint density at radius 2 is 1.77 bits per heavy atom. The minimum Gasteiger partial charge on any atom is -0.481 e. The topological polar surface area (TPSA) is 96.4 Å². The number of nitrogens with one attached hydrogen (secondary N) is 1. The van der Waals surface area contributed by atoms with E-state index in [9.17, 15) is 13.2 Å². The van der Waals surface area contributed by atoms with Gasteiger partial charge in [-0.05, 0) is 53.3 Å². The largest absolute Gasteiger partial charge is 0.481 e. The first-order chi connectivity index (χ1) is 14.5. The third-order valence-electron chi connectivity index (χ3n) is 5.15. The molecule has 1 atom stereocenters. The number of pyridine rings is 1. The number of carboxylic acid groups (broad SMARTS) is 1. The number of rotatable bonds is 11. The molecule has 1 heterocycles. The predicted octanol–water partition coefficient (Wildman–Crippen LogP) is 4.75. The number of benzene rings is 2. The molecular formula is C23H27ClN2O4S. The van der Waals surface area contributed by atoms with Gasteiger partial charge in [-0.3, -0.25) is 9.78 Å². The van der Waals surface area contributed by atoms with Crippen molar-refractivity contribution >= 4 is 39.2 Å². The Morgan fingerprint density at radius 1 is 1.00 bits per heavy atom. The molecule has 6 nitrogen and oxygen atoms in total. The lowest BCUT2D eigenvalue weighted by Gasteiger charge is -2.18. The normalized spacial score (nSPS) is 12.3. The number of halogens is 1. The first kappa shape index (κ1) is 24.8. The van der Waals surface area contributed by atoms with Gasteiger partial charge in [0.15, 0.2) is 0 Å². The third-order valence-corrected chi connectivity index (χ3v) is 6.57. The summed E-state index contributed by atoms with van der Waals surface area (Å²) < 4.78 is 28.5. The van der Waals surface area contributed by atoms with Crippen molar-refractivity contribution in [2.75, 3.05) is 6.54 Å². The smallest absolute Gasteiger partial charge is 0.303 e. The summed E-state index contributed by atoms with van der Waals surface area (Å²) in [6.45, 7) is 0.264. The standard InChI is InChI=1S/C23H26N2O4S.ClH/c26-23(27)11-3-1-2-9-21(20-10-6-14-24-16-20)17-25-30(28,29)22-13-12-18-7-4-5-8-19(18)15-22;/h4-8,10,12-16,21,25H,1-3,9,11,17H2,(H,26,27);1H. The Balaban J connectivity index is 0.00000341. The van der Waals surface area contributed by atoms with E-state index in [2.05, 4.69) is 9.71 Å². The second kappa shape index (κ2) is 11.8. The highest BCUT2D eigenvalue weighted by molar-refractivity contribution is 7.89. The van der Waals surface area contributed by atoms with Crippen molar-refractivity contribution in [3.05, 3.63) is 72.6 Å². The van der Waals surface area contributed by atoms with Gasteiger partial charge in [-0.2, -0.15) is 0 Å². The number of aliphatic carboxylic acids is 1. The number of carbonyl (C=O) groups is 1. The second-order valence-corrected chi connectivity index (χ2v) is 9.10. The molecule has 0 bridgehead atoms. The molecule has 0 saturated carbocycles. The van der Waals surface area contributed by atoms with Gasteiger partial charge in [-0.15, -0.1) is 12.4 Å². The van der Waals surface area contributed by atoms with Crippen LogP contribution in [0.5, 0.6) is 0 Å². The summed E-state index contributed by atoms with van der Waals surface area (Å²) in [6, 6.07) is 16.5. The molecule has 166 valence electrons. The van der Waals surface area contributed by atoms with Crippen LogP contribution in [0.2, 0.25) is 0 Å². The van der Waals surface area contributed by atoms with Crippen molar-refractivity contribution in [2.24, 2.45) is 0 Å². The van der Waals surface area contributed by atoms with Gasteiger partial charge in [0.05, 0.1) is 4.90 Å². The fourth-order valence-corrected chi connectivity index (χ4v) is 4.59. The number of hydrogen-bond donors (Lipinski definition) is 2. The van der Waals surface area contributed by atoms with Crippen molar-refractivity contribution in [3.63, 3.8) is 0 Å². The number of unbranched alkanes of at least 4 members (excludes halogenated alkanes) is 2. The number of fused-ring (bicyclic) bond motifs is 1. The Hall–Kier alpha value is -2.48. The van der Waals surface area contributed by atoms with Gasteiger partial charge in [0.25, 0.3) is 0 Å². The molecule has 1 unspecified atom stereocenters. The van der Waals surface area contributed by atoms with Gasteiger partial charge in [0.2, 0.25) is 10.0 Å². The highest BCUT2D eigenvalue weighted by atomic mass is 35.5. The molecule has 0 saturated heterocycles. The molecule has 0 fully saturated rings. The Morgan fingerprint density at radius 3 is 2.48 bits per heavy atom. The van der Waals surface area contributed by atoms with Crippen molar-refractivity contribution < 1.29 is 18.3 Å². The molecule has 0 spiro atoms. The van der Waals surface area contributed by atoms with E-state index in [-0.39, 0.29) is 36.2 Å². The third kappa shape index (κ3) is 7.31. The molecule has 3 aromatic rings. The zero-order chi connectivity index (χ0) is 21.4. The molecule has 1 aromatic heterocycles. The van der Waals surface area contributed by atoms with Crippen LogP contribution in [0.3, 0.4) is 0 Å². The first-order valence-corrected chi connectivity index (χ1v) is 11.5. The van der Waals surface area contributed by atoms with E-state index in [4.69, 9.17) is 5.11 Å². The predicted molar refractivity (Wildman–Crippen MR) is 124 cm³/mol. The molecule has 0 amide bonds. The summed E-state index contributed by atoms with van der Waals surface area (Å²) in [5.74, 6) is -0.819. The first-order valence-electron chi connectivity index (χ1n) is 10.1. The molecule has 2 aromatic carbocycles. The highest BCUT2D eigenvalue weighted by Gasteiger charge is 2.19. The number of nitrogens with zero attached hydrogens (tertiary/aromatic N) is 1. The lowest BCUT2D eigenvalue weighted by molar-refractivity contribution is -0.137. The number of hydrogen-bond acceptors (Lipinski definition) is 4. The second-order valence-electron chi connectivity index (χ2n) is 7.34. The van der Waals surface area contributed by atoms with E-state index < -0.39 is 16.0 Å². The van der Waals surface area contributed by atoms with Crippen LogP contribution in [0.4, 0.5) is 0 Å². The van der Waals surface area contributed by atoms with Crippen molar-refractivity contribution in [1.29, 1.82) is 0 Å². The Bertz CT molecular complexity index is 1090. The molecule has 2 N–H and O–H groups in total. The maximum atomic E-state index is 12.9. The van der Waals surface area contributed by atoms with Crippen molar-refractivity contribution in [2.45, 2.75) is 42.9 Å². The average molecular weight is 463 g/mol. The maximum absolute atomic E-state index is 12.9. The monoisotopic (exact) mass is 462 g/mol. The Kier molecular flexibility index (Phi) is 9.43. The minimum atomic E-state index is -3.65. The van der Waals surface area contributed by atoms with Crippen LogP contribution >= 0.6 is 12.4 Å². The SMILES string of the molecule is Cl.O=C(O)CCCCCC(CNS(=O)(=O)c1ccc2ccccc2c1)c1cccnc1. The van der Waals surface area contributed by atoms with E-state index in [1.165, 1.54) is 0 Å². The molecule has 31 heavy (non-hydrogen) atoms. The van der Waals surface area contributed by atoms with Gasteiger partial charge in [-0.1, -0.05) is 49.2 Å². The van der Waals surface area contributed by atoms with Crippen LogP contribution in [0, 0.1) is 0 Å². The molecule has 0 aliphatic carbocycles. The van der Waals surface area contributed by atoms with Crippen LogP contribution in [0.25, 0.3) is 10.8 Å². The van der Waals surface area contributed by atoms with E-state index in [1.807, 2.05) is 42.5 Å². The van der Waals surface area contributed by atoms with Crippen LogP contribution in [0.1, 0.15) is 43.6 Å². The molecule has 3 rings (SSSR count). The zero-order valence-corrected chi connectivity index (χ0v) is 18.7. The van der Waals surface area contributed by atoms with Gasteiger partial charge < -0.3 is 5.11 Å². The Labute approximate surface area is 189 Å².